The zero-order valence-electron chi connectivity index (χ0n) is 7.98. The van der Waals surface area contributed by atoms with Crippen molar-refractivity contribution in [2.24, 2.45) is 0 Å². The summed E-state index contributed by atoms with van der Waals surface area (Å²) in [4.78, 5) is 0. The van der Waals surface area contributed by atoms with E-state index in [9.17, 15) is 8.76 Å². The Morgan fingerprint density at radius 2 is 1.71 bits per heavy atom. The Labute approximate surface area is 85.1 Å². The maximum atomic E-state index is 10.5. The SMILES string of the molecule is COc1cc(CS(=O)[O-])cc(OC)c1. The van der Waals surface area contributed by atoms with Gasteiger partial charge in [0.15, 0.2) is 0 Å². The van der Waals surface area contributed by atoms with Crippen LogP contribution in [-0.4, -0.2) is 23.0 Å². The molecule has 1 aromatic rings. The van der Waals surface area contributed by atoms with Crippen LogP contribution in [-0.2, 0) is 16.8 Å². The van der Waals surface area contributed by atoms with Gasteiger partial charge in [-0.1, -0.05) is 11.1 Å². The number of hydrogen-bond acceptors (Lipinski definition) is 4. The molecule has 0 aliphatic heterocycles. The van der Waals surface area contributed by atoms with Crippen molar-refractivity contribution in [3.63, 3.8) is 0 Å². The lowest BCUT2D eigenvalue weighted by molar-refractivity contribution is 0.393. The molecule has 0 aromatic heterocycles. The zero-order chi connectivity index (χ0) is 10.6. The van der Waals surface area contributed by atoms with Crippen LogP contribution in [0.2, 0.25) is 0 Å². The summed E-state index contributed by atoms with van der Waals surface area (Å²) in [5, 5.41) is 0. The molecule has 1 rings (SSSR count). The minimum Gasteiger partial charge on any atom is -0.772 e. The van der Waals surface area contributed by atoms with Gasteiger partial charge in [-0.3, -0.25) is 4.21 Å². The molecule has 5 heteroatoms. The van der Waals surface area contributed by atoms with Gasteiger partial charge in [0.2, 0.25) is 0 Å². The molecule has 14 heavy (non-hydrogen) atoms. The highest BCUT2D eigenvalue weighted by atomic mass is 32.2. The van der Waals surface area contributed by atoms with Crippen molar-refractivity contribution in [2.45, 2.75) is 5.75 Å². The van der Waals surface area contributed by atoms with Crippen molar-refractivity contribution in [3.8, 4) is 11.5 Å². The Morgan fingerprint density at radius 1 is 1.21 bits per heavy atom. The number of rotatable bonds is 4. The monoisotopic (exact) mass is 215 g/mol. The Balaban J connectivity index is 2.98. The Bertz CT molecular complexity index is 315. The van der Waals surface area contributed by atoms with Crippen LogP contribution < -0.4 is 9.47 Å². The van der Waals surface area contributed by atoms with Crippen molar-refractivity contribution < 1.29 is 18.2 Å². The number of hydrogen-bond donors (Lipinski definition) is 0. The summed E-state index contributed by atoms with van der Waals surface area (Å²) in [6, 6.07) is 5.02. The third kappa shape index (κ3) is 3.01. The fourth-order valence-corrected chi connectivity index (χ4v) is 1.52. The lowest BCUT2D eigenvalue weighted by atomic mass is 10.2. The van der Waals surface area contributed by atoms with Crippen molar-refractivity contribution in [1.82, 2.24) is 0 Å². The van der Waals surface area contributed by atoms with Crippen molar-refractivity contribution in [3.05, 3.63) is 23.8 Å². The van der Waals surface area contributed by atoms with E-state index in [4.69, 9.17) is 9.47 Å². The number of ether oxygens (including phenoxy) is 2. The van der Waals surface area contributed by atoms with E-state index in [0.29, 0.717) is 17.1 Å². The molecular weight excluding hydrogens is 204 g/mol. The molecule has 1 unspecified atom stereocenters. The molecule has 1 aromatic carbocycles. The van der Waals surface area contributed by atoms with E-state index < -0.39 is 11.1 Å². The number of methoxy groups -OCH3 is 2. The maximum Gasteiger partial charge on any atom is 0.122 e. The normalized spacial score (nSPS) is 12.2. The molecule has 0 aliphatic carbocycles. The summed E-state index contributed by atoms with van der Waals surface area (Å²) in [7, 11) is 3.04. The average molecular weight is 215 g/mol. The minimum absolute atomic E-state index is 0.0342. The third-order valence-corrected chi connectivity index (χ3v) is 2.26. The quantitative estimate of drug-likeness (QED) is 0.705. The van der Waals surface area contributed by atoms with Gasteiger partial charge >= 0.3 is 0 Å². The first kappa shape index (κ1) is 11.0. The molecule has 0 bridgehead atoms. The molecule has 0 fully saturated rings. The highest BCUT2D eigenvalue weighted by Crippen LogP contribution is 2.22. The highest BCUT2D eigenvalue weighted by Gasteiger charge is 2.01. The fourth-order valence-electron chi connectivity index (χ4n) is 1.09. The Hall–Kier alpha value is -1.07. The van der Waals surface area contributed by atoms with Crippen molar-refractivity contribution >= 4 is 11.1 Å². The number of benzene rings is 1. The summed E-state index contributed by atoms with van der Waals surface area (Å²) in [5.74, 6) is 1.14. The van der Waals surface area contributed by atoms with Crippen LogP contribution in [0.1, 0.15) is 5.56 Å². The van der Waals surface area contributed by atoms with Gasteiger partial charge in [0.1, 0.15) is 11.5 Å². The summed E-state index contributed by atoms with van der Waals surface area (Å²) < 4.78 is 31.0. The van der Waals surface area contributed by atoms with Gasteiger partial charge in [-0.25, -0.2) is 0 Å². The summed E-state index contributed by atoms with van der Waals surface area (Å²) >= 11 is -2.10. The van der Waals surface area contributed by atoms with Crippen LogP contribution >= 0.6 is 0 Å². The zero-order valence-corrected chi connectivity index (χ0v) is 8.80. The van der Waals surface area contributed by atoms with Gasteiger partial charge in [0, 0.05) is 11.8 Å². The van der Waals surface area contributed by atoms with E-state index >= 15 is 0 Å². The van der Waals surface area contributed by atoms with E-state index in [0.717, 1.165) is 0 Å². The molecule has 0 amide bonds. The predicted octanol–water partition coefficient (Wildman–Crippen LogP) is 1.08. The van der Waals surface area contributed by atoms with E-state index in [2.05, 4.69) is 0 Å². The van der Waals surface area contributed by atoms with Gasteiger partial charge in [0.25, 0.3) is 0 Å². The topological polar surface area (TPSA) is 58.6 Å². The lowest BCUT2D eigenvalue weighted by Crippen LogP contribution is -1.95. The Kier molecular flexibility index (Phi) is 3.91. The molecule has 1 atom stereocenters. The highest BCUT2D eigenvalue weighted by molar-refractivity contribution is 7.78. The fraction of sp³-hybridized carbons (Fsp3) is 0.333. The predicted molar refractivity (Wildman–Crippen MR) is 52.2 cm³/mol. The second-order valence-corrected chi connectivity index (χ2v) is 3.57. The molecule has 0 saturated carbocycles. The first-order valence-electron chi connectivity index (χ1n) is 3.93. The largest absolute Gasteiger partial charge is 0.772 e. The lowest BCUT2D eigenvalue weighted by Gasteiger charge is -2.09. The van der Waals surface area contributed by atoms with E-state index in [1.807, 2.05) is 0 Å². The summed E-state index contributed by atoms with van der Waals surface area (Å²) in [5.41, 5.74) is 0.648. The molecule has 0 saturated heterocycles. The first-order valence-corrected chi connectivity index (χ1v) is 5.18. The minimum atomic E-state index is -2.10. The molecule has 0 spiro atoms. The second kappa shape index (κ2) is 4.97. The Morgan fingerprint density at radius 3 is 2.07 bits per heavy atom. The molecule has 0 aliphatic rings. The third-order valence-electron chi connectivity index (χ3n) is 1.70. The smallest absolute Gasteiger partial charge is 0.122 e. The second-order valence-electron chi connectivity index (χ2n) is 2.67. The van der Waals surface area contributed by atoms with Crippen LogP contribution in [0.4, 0.5) is 0 Å². The van der Waals surface area contributed by atoms with Crippen LogP contribution in [0.5, 0.6) is 11.5 Å². The van der Waals surface area contributed by atoms with Gasteiger partial charge in [-0.05, 0) is 17.7 Å². The van der Waals surface area contributed by atoms with Crippen molar-refractivity contribution in [2.75, 3.05) is 14.2 Å². The van der Waals surface area contributed by atoms with E-state index in [-0.39, 0.29) is 5.75 Å². The standard InChI is InChI=1S/C9H12O4S/c1-12-8-3-7(6-14(10)11)4-9(5-8)13-2/h3-5H,6H2,1-2H3,(H,10,11)/p-1. The summed E-state index contributed by atoms with van der Waals surface area (Å²) in [6.45, 7) is 0. The van der Waals surface area contributed by atoms with Crippen molar-refractivity contribution in [1.29, 1.82) is 0 Å². The van der Waals surface area contributed by atoms with Gasteiger partial charge in [-0.2, -0.15) is 0 Å². The molecule has 0 N–H and O–H groups in total. The summed E-state index contributed by atoms with van der Waals surface area (Å²) in [6.07, 6.45) is 0. The molecule has 78 valence electrons. The first-order chi connectivity index (χ1) is 6.65. The van der Waals surface area contributed by atoms with Gasteiger partial charge < -0.3 is 14.0 Å². The van der Waals surface area contributed by atoms with E-state index in [1.165, 1.54) is 14.2 Å². The van der Waals surface area contributed by atoms with Gasteiger partial charge in [0.05, 0.1) is 14.2 Å². The van der Waals surface area contributed by atoms with Crippen LogP contribution in [0.3, 0.4) is 0 Å². The maximum absolute atomic E-state index is 10.5. The molecule has 0 radical (unpaired) electrons. The average Bonchev–Trinajstić information content (AvgIpc) is 2.16. The molecule has 4 nitrogen and oxygen atoms in total. The van der Waals surface area contributed by atoms with Crippen LogP contribution in [0.25, 0.3) is 0 Å². The van der Waals surface area contributed by atoms with E-state index in [1.54, 1.807) is 18.2 Å². The molecular formula is C9H11O4S-. The molecule has 0 heterocycles. The van der Waals surface area contributed by atoms with Crippen LogP contribution in [0, 0.1) is 0 Å². The van der Waals surface area contributed by atoms with Crippen LogP contribution in [0.15, 0.2) is 18.2 Å². The van der Waals surface area contributed by atoms with Gasteiger partial charge in [-0.15, -0.1) is 0 Å².